The highest BCUT2D eigenvalue weighted by Gasteiger charge is 2.36. The molecule has 0 saturated carbocycles. The third-order valence-electron chi connectivity index (χ3n) is 3.48. The molecule has 0 atom stereocenters. The summed E-state index contributed by atoms with van der Waals surface area (Å²) in [6.45, 7) is 0.813. The van der Waals surface area contributed by atoms with E-state index in [-0.39, 0.29) is 0 Å². The van der Waals surface area contributed by atoms with Gasteiger partial charge in [-0.05, 0) is 30.8 Å². The second kappa shape index (κ2) is 6.64. The Kier molecular flexibility index (Phi) is 5.11. The zero-order chi connectivity index (χ0) is 14.6. The maximum absolute atomic E-state index is 5.42. The van der Waals surface area contributed by atoms with Gasteiger partial charge in [-0.1, -0.05) is 12.1 Å². The lowest BCUT2D eigenvalue weighted by atomic mass is 10.3. The summed E-state index contributed by atoms with van der Waals surface area (Å²) in [4.78, 5) is 3.21. The minimum Gasteiger partial charge on any atom is -0.377 e. The van der Waals surface area contributed by atoms with Crippen LogP contribution in [0.1, 0.15) is 6.42 Å². The highest BCUT2D eigenvalue weighted by molar-refractivity contribution is 7.71. The zero-order valence-corrected chi connectivity index (χ0v) is 13.8. The van der Waals surface area contributed by atoms with Crippen molar-refractivity contribution in [3.8, 4) is 0 Å². The molecule has 1 N–H and O–H groups in total. The van der Waals surface area contributed by atoms with Crippen LogP contribution in [0.25, 0.3) is 11.0 Å². The molecule has 1 aromatic carbocycles. The third-order valence-corrected chi connectivity index (χ3v) is 6.63. The fraction of sp³-hybridized carbons (Fsp3) is 0.462. The second-order valence-corrected chi connectivity index (χ2v) is 7.98. The zero-order valence-electron chi connectivity index (χ0n) is 12.0. The van der Waals surface area contributed by atoms with Gasteiger partial charge in [-0.2, -0.15) is 0 Å². The molecular formula is C13H20N2O3SSi. The Morgan fingerprint density at radius 1 is 1.15 bits per heavy atom. The van der Waals surface area contributed by atoms with Gasteiger partial charge in [-0.3, -0.25) is 0 Å². The topological polar surface area (TPSA) is 48.4 Å². The molecule has 1 aromatic heterocycles. The van der Waals surface area contributed by atoms with Crippen molar-refractivity contribution in [1.82, 2.24) is 9.55 Å². The summed E-state index contributed by atoms with van der Waals surface area (Å²) in [7, 11) is 2.41. The molecule has 0 aliphatic rings. The van der Waals surface area contributed by atoms with E-state index < -0.39 is 8.80 Å². The van der Waals surface area contributed by atoms with Gasteiger partial charge in [-0.15, -0.1) is 0 Å². The fourth-order valence-electron chi connectivity index (χ4n) is 2.34. The molecule has 0 unspecified atom stereocenters. The van der Waals surface area contributed by atoms with Gasteiger partial charge in [0.1, 0.15) is 0 Å². The summed E-state index contributed by atoms with van der Waals surface area (Å²) < 4.78 is 19.1. The Balaban J connectivity index is 2.10. The number of rotatable bonds is 7. The Morgan fingerprint density at radius 2 is 1.80 bits per heavy atom. The summed E-state index contributed by atoms with van der Waals surface area (Å²) in [5, 5.41) is 0. The first kappa shape index (κ1) is 15.4. The van der Waals surface area contributed by atoms with Crippen LogP contribution in [0.5, 0.6) is 0 Å². The monoisotopic (exact) mass is 312 g/mol. The summed E-state index contributed by atoms with van der Waals surface area (Å²) in [5.74, 6) is 0. The Hall–Kier alpha value is -0.993. The van der Waals surface area contributed by atoms with Gasteiger partial charge >= 0.3 is 8.80 Å². The van der Waals surface area contributed by atoms with E-state index in [1.165, 1.54) is 0 Å². The van der Waals surface area contributed by atoms with Crippen molar-refractivity contribution in [1.29, 1.82) is 0 Å². The van der Waals surface area contributed by atoms with Gasteiger partial charge in [0.05, 0.1) is 11.0 Å². The predicted octanol–water partition coefficient (Wildman–Crippen LogP) is 2.97. The number of imidazole rings is 1. The molecule has 2 rings (SSSR count). The van der Waals surface area contributed by atoms with Gasteiger partial charge in [0.25, 0.3) is 0 Å². The molecule has 0 radical (unpaired) electrons. The Bertz CT molecular complexity index is 613. The van der Waals surface area contributed by atoms with Crippen molar-refractivity contribution in [2.45, 2.75) is 19.0 Å². The normalized spacial score (nSPS) is 12.2. The molecule has 0 aliphatic heterocycles. The van der Waals surface area contributed by atoms with Crippen molar-refractivity contribution in [3.05, 3.63) is 29.0 Å². The minimum absolute atomic E-state index is 0.741. The maximum Gasteiger partial charge on any atom is 0.500 e. The SMILES string of the molecule is CO[Si](CCCn1c(=S)[nH]c2ccccc21)(OC)OC. The van der Waals surface area contributed by atoms with E-state index in [0.29, 0.717) is 0 Å². The number of fused-ring (bicyclic) bond motifs is 1. The first-order valence-corrected chi connectivity index (χ1v) is 8.83. The van der Waals surface area contributed by atoms with Crippen LogP contribution in [-0.4, -0.2) is 39.7 Å². The number of hydrogen-bond acceptors (Lipinski definition) is 4. The average Bonchev–Trinajstić information content (AvgIpc) is 2.80. The van der Waals surface area contributed by atoms with E-state index in [4.69, 9.17) is 25.5 Å². The molecular weight excluding hydrogens is 292 g/mol. The van der Waals surface area contributed by atoms with Crippen molar-refractivity contribution in [2.24, 2.45) is 0 Å². The lowest BCUT2D eigenvalue weighted by molar-refractivity contribution is 0.122. The smallest absolute Gasteiger partial charge is 0.377 e. The molecule has 1 heterocycles. The minimum atomic E-state index is -2.49. The molecule has 0 bridgehead atoms. The van der Waals surface area contributed by atoms with Crippen LogP contribution in [0.15, 0.2) is 24.3 Å². The number of H-pyrrole nitrogens is 1. The Labute approximate surface area is 124 Å². The predicted molar refractivity (Wildman–Crippen MR) is 83.3 cm³/mol. The molecule has 0 amide bonds. The first-order chi connectivity index (χ1) is 9.65. The maximum atomic E-state index is 5.42. The van der Waals surface area contributed by atoms with E-state index in [0.717, 1.165) is 34.8 Å². The molecule has 2 aromatic rings. The number of benzene rings is 1. The van der Waals surface area contributed by atoms with Crippen molar-refractivity contribution in [2.75, 3.05) is 21.3 Å². The van der Waals surface area contributed by atoms with Gasteiger partial charge in [-0.25, -0.2) is 0 Å². The molecule has 7 heteroatoms. The highest BCUT2D eigenvalue weighted by Crippen LogP contribution is 2.18. The number of aromatic nitrogens is 2. The van der Waals surface area contributed by atoms with Crippen LogP contribution in [0.3, 0.4) is 0 Å². The van der Waals surface area contributed by atoms with Gasteiger partial charge < -0.3 is 22.8 Å². The van der Waals surface area contributed by atoms with E-state index >= 15 is 0 Å². The number of para-hydroxylation sites is 2. The Morgan fingerprint density at radius 3 is 2.45 bits per heavy atom. The van der Waals surface area contributed by atoms with Gasteiger partial charge in [0, 0.05) is 33.9 Å². The van der Waals surface area contributed by atoms with Crippen LogP contribution in [0, 0.1) is 4.77 Å². The van der Waals surface area contributed by atoms with Gasteiger partial charge in [0.15, 0.2) is 4.77 Å². The van der Waals surface area contributed by atoms with Crippen LogP contribution in [-0.2, 0) is 19.8 Å². The van der Waals surface area contributed by atoms with Crippen molar-refractivity contribution < 1.29 is 13.3 Å². The number of aromatic amines is 1. The van der Waals surface area contributed by atoms with Gasteiger partial charge in [0.2, 0.25) is 0 Å². The highest BCUT2D eigenvalue weighted by atomic mass is 32.1. The third kappa shape index (κ3) is 3.02. The molecule has 0 fully saturated rings. The van der Waals surface area contributed by atoms with E-state index in [2.05, 4.69) is 15.6 Å². The lowest BCUT2D eigenvalue weighted by Crippen LogP contribution is -2.42. The van der Waals surface area contributed by atoms with Crippen LogP contribution >= 0.6 is 12.2 Å². The van der Waals surface area contributed by atoms with Crippen molar-refractivity contribution >= 4 is 32.1 Å². The molecule has 0 spiro atoms. The number of nitrogens with one attached hydrogen (secondary N) is 1. The van der Waals surface area contributed by atoms with E-state index in [1.54, 1.807) is 21.3 Å². The summed E-state index contributed by atoms with van der Waals surface area (Å²) >= 11 is 5.37. The summed E-state index contributed by atoms with van der Waals surface area (Å²) in [6, 6.07) is 8.86. The van der Waals surface area contributed by atoms with Crippen LogP contribution in [0.2, 0.25) is 6.04 Å². The largest absolute Gasteiger partial charge is 0.500 e. The quantitative estimate of drug-likeness (QED) is 0.631. The number of aryl methyl sites for hydroxylation is 1. The molecule has 20 heavy (non-hydrogen) atoms. The second-order valence-electron chi connectivity index (χ2n) is 4.50. The number of hydrogen-bond donors (Lipinski definition) is 1. The van der Waals surface area contributed by atoms with Crippen LogP contribution in [0.4, 0.5) is 0 Å². The first-order valence-electron chi connectivity index (χ1n) is 6.49. The fourth-order valence-corrected chi connectivity index (χ4v) is 4.34. The van der Waals surface area contributed by atoms with E-state index in [1.807, 2.05) is 18.2 Å². The van der Waals surface area contributed by atoms with Crippen molar-refractivity contribution in [3.63, 3.8) is 0 Å². The molecule has 0 aliphatic carbocycles. The molecule has 5 nitrogen and oxygen atoms in total. The van der Waals surface area contributed by atoms with Crippen LogP contribution < -0.4 is 0 Å². The summed E-state index contributed by atoms with van der Waals surface area (Å²) in [5.41, 5.74) is 2.18. The standard InChI is InChI=1S/C13H20N2O3SSi/c1-16-20(17-2,18-3)10-6-9-15-12-8-5-4-7-11(12)14-13(15)19/h4-5,7-8H,6,9-10H2,1-3H3,(H,14,19). The number of nitrogens with zero attached hydrogens (tertiary/aromatic N) is 1. The summed E-state index contributed by atoms with van der Waals surface area (Å²) in [6.07, 6.45) is 0.887. The lowest BCUT2D eigenvalue weighted by Gasteiger charge is -2.24. The molecule has 110 valence electrons. The average molecular weight is 312 g/mol. The molecule has 0 saturated heterocycles. The van der Waals surface area contributed by atoms with E-state index in [9.17, 15) is 0 Å².